The lowest BCUT2D eigenvalue weighted by atomic mass is 9.90. The predicted molar refractivity (Wildman–Crippen MR) is 63.9 cm³/mol. The standard InChI is InChI=1S/C12H25N3/c1-15-7-5-11(6-8-15)14-12-4-2-3-10(13)9-12/h10-12,14H,2-9,13H2,1H3. The van der Waals surface area contributed by atoms with Crippen LogP contribution in [-0.2, 0) is 0 Å². The van der Waals surface area contributed by atoms with Gasteiger partial charge in [0.1, 0.15) is 0 Å². The normalized spacial score (nSPS) is 35.6. The second-order valence-electron chi connectivity index (χ2n) is 5.37. The Balaban J connectivity index is 1.71. The molecule has 2 fully saturated rings. The molecule has 0 amide bonds. The molecule has 0 aromatic rings. The average Bonchev–Trinajstić information content (AvgIpc) is 2.22. The summed E-state index contributed by atoms with van der Waals surface area (Å²) in [5.74, 6) is 0. The lowest BCUT2D eigenvalue weighted by Gasteiger charge is -2.35. The summed E-state index contributed by atoms with van der Waals surface area (Å²) in [7, 11) is 2.22. The van der Waals surface area contributed by atoms with E-state index in [1.807, 2.05) is 0 Å². The number of nitrogens with one attached hydrogen (secondary N) is 1. The smallest absolute Gasteiger partial charge is 0.00940 e. The maximum atomic E-state index is 6.00. The molecule has 88 valence electrons. The van der Waals surface area contributed by atoms with Crippen molar-refractivity contribution in [3.05, 3.63) is 0 Å². The minimum atomic E-state index is 0.447. The van der Waals surface area contributed by atoms with Gasteiger partial charge in [0.05, 0.1) is 0 Å². The Kier molecular flexibility index (Phi) is 4.00. The van der Waals surface area contributed by atoms with E-state index >= 15 is 0 Å². The van der Waals surface area contributed by atoms with Gasteiger partial charge in [-0.2, -0.15) is 0 Å². The van der Waals surface area contributed by atoms with Crippen molar-refractivity contribution in [2.45, 2.75) is 56.7 Å². The summed E-state index contributed by atoms with van der Waals surface area (Å²) < 4.78 is 0. The minimum Gasteiger partial charge on any atom is -0.328 e. The molecule has 15 heavy (non-hydrogen) atoms. The Morgan fingerprint density at radius 2 is 1.80 bits per heavy atom. The summed E-state index contributed by atoms with van der Waals surface area (Å²) in [5, 5.41) is 3.80. The lowest BCUT2D eigenvalue weighted by Crippen LogP contribution is -2.48. The van der Waals surface area contributed by atoms with Crippen LogP contribution in [0.4, 0.5) is 0 Å². The third-order valence-electron chi connectivity index (χ3n) is 3.90. The molecular weight excluding hydrogens is 186 g/mol. The second-order valence-corrected chi connectivity index (χ2v) is 5.37. The molecule has 2 rings (SSSR count). The van der Waals surface area contributed by atoms with Crippen LogP contribution in [0.25, 0.3) is 0 Å². The summed E-state index contributed by atoms with van der Waals surface area (Å²) in [4.78, 5) is 2.42. The monoisotopic (exact) mass is 211 g/mol. The zero-order valence-electron chi connectivity index (χ0n) is 9.91. The molecule has 3 heteroatoms. The van der Waals surface area contributed by atoms with Crippen LogP contribution in [-0.4, -0.2) is 43.2 Å². The number of nitrogens with zero attached hydrogens (tertiary/aromatic N) is 1. The predicted octanol–water partition coefficient (Wildman–Crippen LogP) is 0.940. The van der Waals surface area contributed by atoms with Crippen LogP contribution < -0.4 is 11.1 Å². The highest BCUT2D eigenvalue weighted by atomic mass is 15.1. The molecule has 0 bridgehead atoms. The first kappa shape index (κ1) is 11.4. The van der Waals surface area contributed by atoms with Crippen molar-refractivity contribution in [1.29, 1.82) is 0 Å². The third-order valence-corrected chi connectivity index (χ3v) is 3.90. The van der Waals surface area contributed by atoms with Crippen molar-refractivity contribution < 1.29 is 0 Å². The van der Waals surface area contributed by atoms with E-state index in [1.54, 1.807) is 0 Å². The molecule has 1 saturated heterocycles. The molecule has 1 heterocycles. The van der Waals surface area contributed by atoms with Gasteiger partial charge in [0.25, 0.3) is 0 Å². The van der Waals surface area contributed by atoms with Crippen molar-refractivity contribution in [2.75, 3.05) is 20.1 Å². The van der Waals surface area contributed by atoms with Crippen molar-refractivity contribution in [3.8, 4) is 0 Å². The van der Waals surface area contributed by atoms with Crippen LogP contribution in [0.1, 0.15) is 38.5 Å². The van der Waals surface area contributed by atoms with Gasteiger partial charge in [0.15, 0.2) is 0 Å². The quantitative estimate of drug-likeness (QED) is 0.714. The molecule has 0 aromatic carbocycles. The first-order valence-electron chi connectivity index (χ1n) is 6.44. The molecule has 3 N–H and O–H groups in total. The van der Waals surface area contributed by atoms with Gasteiger partial charge in [0.2, 0.25) is 0 Å². The largest absolute Gasteiger partial charge is 0.328 e. The maximum Gasteiger partial charge on any atom is 0.00940 e. The summed E-state index contributed by atoms with van der Waals surface area (Å²) in [6.07, 6.45) is 7.67. The molecule has 3 nitrogen and oxygen atoms in total. The fraction of sp³-hybridized carbons (Fsp3) is 1.00. The van der Waals surface area contributed by atoms with Crippen LogP contribution in [0.2, 0.25) is 0 Å². The number of piperidine rings is 1. The van der Waals surface area contributed by atoms with Crippen molar-refractivity contribution in [1.82, 2.24) is 10.2 Å². The van der Waals surface area contributed by atoms with Gasteiger partial charge >= 0.3 is 0 Å². The third kappa shape index (κ3) is 3.44. The van der Waals surface area contributed by atoms with Gasteiger partial charge in [-0.25, -0.2) is 0 Å². The fourth-order valence-electron chi connectivity index (χ4n) is 2.89. The van der Waals surface area contributed by atoms with Crippen molar-refractivity contribution in [3.63, 3.8) is 0 Å². The summed E-state index contributed by atoms with van der Waals surface area (Å²) in [6, 6.07) is 1.89. The number of rotatable bonds is 2. The first-order chi connectivity index (χ1) is 7.24. The van der Waals surface area contributed by atoms with Gasteiger partial charge in [-0.3, -0.25) is 0 Å². The Labute approximate surface area is 93.4 Å². The molecule has 0 radical (unpaired) electrons. The van der Waals surface area contributed by atoms with E-state index in [-0.39, 0.29) is 0 Å². The van der Waals surface area contributed by atoms with E-state index < -0.39 is 0 Å². The van der Waals surface area contributed by atoms with Crippen molar-refractivity contribution >= 4 is 0 Å². The van der Waals surface area contributed by atoms with Gasteiger partial charge in [-0.05, 0) is 52.2 Å². The van der Waals surface area contributed by atoms with Crippen LogP contribution in [0, 0.1) is 0 Å². The number of likely N-dealkylation sites (tertiary alicyclic amines) is 1. The molecule has 2 unspecified atom stereocenters. The maximum absolute atomic E-state index is 6.00. The van der Waals surface area contributed by atoms with Crippen LogP contribution >= 0.6 is 0 Å². The zero-order valence-corrected chi connectivity index (χ0v) is 9.91. The average molecular weight is 211 g/mol. The minimum absolute atomic E-state index is 0.447. The Morgan fingerprint density at radius 1 is 1.07 bits per heavy atom. The van der Waals surface area contributed by atoms with E-state index in [9.17, 15) is 0 Å². The molecule has 2 aliphatic rings. The van der Waals surface area contributed by atoms with Crippen molar-refractivity contribution in [2.24, 2.45) is 5.73 Å². The second kappa shape index (κ2) is 5.28. The molecule has 0 spiro atoms. The SMILES string of the molecule is CN1CCC(NC2CCCC(N)C2)CC1. The summed E-state index contributed by atoms with van der Waals surface area (Å²) in [5.41, 5.74) is 6.00. The summed E-state index contributed by atoms with van der Waals surface area (Å²) >= 11 is 0. The summed E-state index contributed by atoms with van der Waals surface area (Å²) in [6.45, 7) is 2.49. The highest BCUT2D eigenvalue weighted by Gasteiger charge is 2.23. The van der Waals surface area contributed by atoms with E-state index in [0.717, 1.165) is 6.04 Å². The highest BCUT2D eigenvalue weighted by Crippen LogP contribution is 2.19. The Morgan fingerprint density at radius 3 is 2.47 bits per heavy atom. The molecule has 1 aliphatic carbocycles. The lowest BCUT2D eigenvalue weighted by molar-refractivity contribution is 0.209. The van der Waals surface area contributed by atoms with E-state index in [4.69, 9.17) is 5.73 Å². The molecular formula is C12H25N3. The number of hydrogen-bond donors (Lipinski definition) is 2. The van der Waals surface area contributed by atoms with E-state index in [2.05, 4.69) is 17.3 Å². The van der Waals surface area contributed by atoms with Gasteiger partial charge < -0.3 is 16.0 Å². The van der Waals surface area contributed by atoms with Crippen LogP contribution in [0.3, 0.4) is 0 Å². The Bertz CT molecular complexity index is 187. The Hall–Kier alpha value is -0.120. The number of hydrogen-bond acceptors (Lipinski definition) is 3. The zero-order chi connectivity index (χ0) is 10.7. The molecule has 2 atom stereocenters. The van der Waals surface area contributed by atoms with Gasteiger partial charge in [-0.1, -0.05) is 6.42 Å². The van der Waals surface area contributed by atoms with Crippen LogP contribution in [0.5, 0.6) is 0 Å². The molecule has 1 saturated carbocycles. The van der Waals surface area contributed by atoms with E-state index in [1.165, 1.54) is 51.6 Å². The van der Waals surface area contributed by atoms with Crippen LogP contribution in [0.15, 0.2) is 0 Å². The molecule has 0 aromatic heterocycles. The number of nitrogens with two attached hydrogens (primary N) is 1. The van der Waals surface area contributed by atoms with Gasteiger partial charge in [0, 0.05) is 18.1 Å². The fourth-order valence-corrected chi connectivity index (χ4v) is 2.89. The van der Waals surface area contributed by atoms with Gasteiger partial charge in [-0.15, -0.1) is 0 Å². The molecule has 1 aliphatic heterocycles. The first-order valence-corrected chi connectivity index (χ1v) is 6.44. The topological polar surface area (TPSA) is 41.3 Å². The highest BCUT2D eigenvalue weighted by molar-refractivity contribution is 4.84. The van der Waals surface area contributed by atoms with E-state index in [0.29, 0.717) is 12.1 Å².